The first-order valence-corrected chi connectivity index (χ1v) is 7.14. The third kappa shape index (κ3) is 6.21. The molecule has 21 heavy (non-hydrogen) atoms. The summed E-state index contributed by atoms with van der Waals surface area (Å²) in [4.78, 5) is 11.8. The van der Waals surface area contributed by atoms with Crippen molar-refractivity contribution in [3.05, 3.63) is 35.4 Å². The second-order valence-corrected chi connectivity index (χ2v) is 6.39. The van der Waals surface area contributed by atoms with Crippen molar-refractivity contribution in [3.63, 3.8) is 0 Å². The van der Waals surface area contributed by atoms with Gasteiger partial charge in [0.2, 0.25) is 5.91 Å². The maximum absolute atomic E-state index is 13.5. The van der Waals surface area contributed by atoms with Crippen LogP contribution >= 0.6 is 0 Å². The minimum absolute atomic E-state index is 0.0673. The number of benzene rings is 1. The molecule has 3 nitrogen and oxygen atoms in total. The molecule has 0 aliphatic heterocycles. The standard InChI is InChI=1S/C16H24F2N2O/c1-11(6-12-8-13(17)4-5-14(12)18)7-15(21)20-10-16(2,3)9-19/h4-5,8,11H,6-7,9-10,19H2,1-3H3,(H,20,21). The lowest BCUT2D eigenvalue weighted by atomic mass is 9.93. The lowest BCUT2D eigenvalue weighted by Gasteiger charge is -2.23. The number of rotatable bonds is 7. The first-order chi connectivity index (χ1) is 9.73. The highest BCUT2D eigenvalue weighted by Gasteiger charge is 2.18. The predicted octanol–water partition coefficient (Wildman–Crippen LogP) is 2.63. The molecular formula is C16H24F2N2O. The Bertz CT molecular complexity index is 489. The zero-order chi connectivity index (χ0) is 16.0. The summed E-state index contributed by atoms with van der Waals surface area (Å²) in [6.07, 6.45) is 0.605. The Morgan fingerprint density at radius 3 is 2.67 bits per heavy atom. The fourth-order valence-corrected chi connectivity index (χ4v) is 1.95. The van der Waals surface area contributed by atoms with E-state index in [4.69, 9.17) is 5.73 Å². The van der Waals surface area contributed by atoms with Crippen molar-refractivity contribution in [3.8, 4) is 0 Å². The highest BCUT2D eigenvalue weighted by Crippen LogP contribution is 2.17. The Morgan fingerprint density at radius 2 is 2.05 bits per heavy atom. The number of hydrogen-bond donors (Lipinski definition) is 2. The average Bonchev–Trinajstić information content (AvgIpc) is 2.41. The van der Waals surface area contributed by atoms with Crippen LogP contribution in [0.2, 0.25) is 0 Å². The summed E-state index contributed by atoms with van der Waals surface area (Å²) in [5, 5.41) is 2.83. The second-order valence-electron chi connectivity index (χ2n) is 6.39. The molecule has 0 radical (unpaired) electrons. The summed E-state index contributed by atoms with van der Waals surface area (Å²) >= 11 is 0. The van der Waals surface area contributed by atoms with Gasteiger partial charge >= 0.3 is 0 Å². The number of halogens is 2. The first-order valence-electron chi connectivity index (χ1n) is 7.14. The summed E-state index contributed by atoms with van der Waals surface area (Å²) < 4.78 is 26.6. The molecule has 0 aromatic heterocycles. The van der Waals surface area contributed by atoms with Crippen LogP contribution in [0.25, 0.3) is 0 Å². The van der Waals surface area contributed by atoms with E-state index in [-0.39, 0.29) is 23.7 Å². The SMILES string of the molecule is CC(CC(=O)NCC(C)(C)CN)Cc1cc(F)ccc1F. The average molecular weight is 298 g/mol. The van der Waals surface area contributed by atoms with E-state index in [0.717, 1.165) is 12.1 Å². The molecule has 1 amide bonds. The third-order valence-electron chi connectivity index (χ3n) is 3.43. The molecule has 0 spiro atoms. The van der Waals surface area contributed by atoms with Gasteiger partial charge in [0, 0.05) is 13.0 Å². The fourth-order valence-electron chi connectivity index (χ4n) is 1.95. The summed E-state index contributed by atoms with van der Waals surface area (Å²) in [7, 11) is 0. The summed E-state index contributed by atoms with van der Waals surface area (Å²) in [6.45, 7) is 6.77. The van der Waals surface area contributed by atoms with Crippen LogP contribution in [-0.4, -0.2) is 19.0 Å². The molecule has 0 saturated heterocycles. The minimum Gasteiger partial charge on any atom is -0.356 e. The van der Waals surface area contributed by atoms with Crippen LogP contribution < -0.4 is 11.1 Å². The minimum atomic E-state index is -0.465. The van der Waals surface area contributed by atoms with Crippen molar-refractivity contribution in [1.29, 1.82) is 0 Å². The molecule has 1 aromatic carbocycles. The van der Waals surface area contributed by atoms with Crippen molar-refractivity contribution in [1.82, 2.24) is 5.32 Å². The topological polar surface area (TPSA) is 55.1 Å². The smallest absolute Gasteiger partial charge is 0.220 e. The van der Waals surface area contributed by atoms with Crippen LogP contribution in [0.5, 0.6) is 0 Å². The van der Waals surface area contributed by atoms with Crippen LogP contribution in [0.4, 0.5) is 8.78 Å². The molecule has 1 unspecified atom stereocenters. The van der Waals surface area contributed by atoms with Crippen LogP contribution in [-0.2, 0) is 11.2 Å². The molecule has 0 aliphatic carbocycles. The Kier molecular flexibility index (Phi) is 6.27. The van der Waals surface area contributed by atoms with E-state index in [9.17, 15) is 13.6 Å². The Labute approximate surface area is 124 Å². The zero-order valence-electron chi connectivity index (χ0n) is 12.9. The van der Waals surface area contributed by atoms with E-state index >= 15 is 0 Å². The lowest BCUT2D eigenvalue weighted by Crippen LogP contribution is -2.38. The molecular weight excluding hydrogens is 274 g/mol. The Hall–Kier alpha value is -1.49. The number of carbonyl (C=O) groups is 1. The van der Waals surface area contributed by atoms with E-state index in [1.165, 1.54) is 6.07 Å². The predicted molar refractivity (Wildman–Crippen MR) is 79.7 cm³/mol. The van der Waals surface area contributed by atoms with Gasteiger partial charge in [-0.15, -0.1) is 0 Å². The van der Waals surface area contributed by atoms with Crippen molar-refractivity contribution >= 4 is 5.91 Å². The Balaban J connectivity index is 2.48. The van der Waals surface area contributed by atoms with Gasteiger partial charge in [0.1, 0.15) is 11.6 Å². The van der Waals surface area contributed by atoms with E-state index in [2.05, 4.69) is 5.32 Å². The second kappa shape index (κ2) is 7.50. The first kappa shape index (κ1) is 17.6. The molecule has 0 saturated carbocycles. The molecule has 0 aliphatic rings. The summed E-state index contributed by atoms with van der Waals surface area (Å²) in [5.74, 6) is -1.07. The molecule has 1 atom stereocenters. The van der Waals surface area contributed by atoms with Gasteiger partial charge in [0.25, 0.3) is 0 Å². The maximum Gasteiger partial charge on any atom is 0.220 e. The van der Waals surface area contributed by atoms with Crippen molar-refractivity contribution in [2.45, 2.75) is 33.6 Å². The van der Waals surface area contributed by atoms with E-state index in [1.54, 1.807) is 0 Å². The highest BCUT2D eigenvalue weighted by atomic mass is 19.1. The summed E-state index contributed by atoms with van der Waals surface area (Å²) in [5.41, 5.74) is 5.76. The van der Waals surface area contributed by atoms with Crippen LogP contribution in [0.15, 0.2) is 18.2 Å². The normalized spacial score (nSPS) is 13.0. The largest absolute Gasteiger partial charge is 0.356 e. The third-order valence-corrected chi connectivity index (χ3v) is 3.43. The molecule has 5 heteroatoms. The lowest BCUT2D eigenvalue weighted by molar-refractivity contribution is -0.122. The number of carbonyl (C=O) groups excluding carboxylic acids is 1. The van der Waals surface area contributed by atoms with Crippen molar-refractivity contribution in [2.24, 2.45) is 17.1 Å². The number of hydrogen-bond acceptors (Lipinski definition) is 2. The van der Waals surface area contributed by atoms with Gasteiger partial charge in [-0.2, -0.15) is 0 Å². The van der Waals surface area contributed by atoms with E-state index < -0.39 is 11.6 Å². The van der Waals surface area contributed by atoms with Gasteiger partial charge in [-0.3, -0.25) is 4.79 Å². The molecule has 3 N–H and O–H groups in total. The molecule has 0 fully saturated rings. The van der Waals surface area contributed by atoms with Crippen LogP contribution in [0, 0.1) is 23.0 Å². The highest BCUT2D eigenvalue weighted by molar-refractivity contribution is 5.76. The number of nitrogens with two attached hydrogens (primary N) is 1. The van der Waals surface area contributed by atoms with E-state index in [1.807, 2.05) is 20.8 Å². The Morgan fingerprint density at radius 1 is 1.38 bits per heavy atom. The van der Waals surface area contributed by atoms with Gasteiger partial charge in [0.05, 0.1) is 0 Å². The quantitative estimate of drug-likeness (QED) is 0.813. The fraction of sp³-hybridized carbons (Fsp3) is 0.562. The van der Waals surface area contributed by atoms with Gasteiger partial charge in [-0.1, -0.05) is 20.8 Å². The molecule has 1 aromatic rings. The molecule has 118 valence electrons. The van der Waals surface area contributed by atoms with Gasteiger partial charge in [-0.05, 0) is 48.1 Å². The molecule has 0 heterocycles. The zero-order valence-corrected chi connectivity index (χ0v) is 12.9. The maximum atomic E-state index is 13.5. The van der Waals surface area contributed by atoms with Crippen LogP contribution in [0.3, 0.4) is 0 Å². The van der Waals surface area contributed by atoms with Crippen molar-refractivity contribution < 1.29 is 13.6 Å². The van der Waals surface area contributed by atoms with E-state index in [0.29, 0.717) is 25.1 Å². The monoisotopic (exact) mass is 298 g/mol. The summed E-state index contributed by atoms with van der Waals surface area (Å²) in [6, 6.07) is 3.38. The van der Waals surface area contributed by atoms with Gasteiger partial charge < -0.3 is 11.1 Å². The molecule has 0 bridgehead atoms. The number of nitrogens with one attached hydrogen (secondary N) is 1. The van der Waals surface area contributed by atoms with Crippen LogP contribution in [0.1, 0.15) is 32.8 Å². The molecule has 1 rings (SSSR count). The number of amides is 1. The van der Waals surface area contributed by atoms with Gasteiger partial charge in [-0.25, -0.2) is 8.78 Å². The van der Waals surface area contributed by atoms with Crippen molar-refractivity contribution in [2.75, 3.05) is 13.1 Å². The van der Waals surface area contributed by atoms with Gasteiger partial charge in [0.15, 0.2) is 0 Å².